The highest BCUT2D eigenvalue weighted by Crippen LogP contribution is 2.26. The molecule has 2 aromatic rings. The van der Waals surface area contributed by atoms with E-state index < -0.39 is 0 Å². The van der Waals surface area contributed by atoms with Crippen molar-refractivity contribution in [1.82, 2.24) is 14.9 Å². The quantitative estimate of drug-likeness (QED) is 0.449. The molecular formula is C17H19ClN4S. The zero-order valence-corrected chi connectivity index (χ0v) is 15.1. The molecule has 4 nitrogen and oxygen atoms in total. The summed E-state index contributed by atoms with van der Waals surface area (Å²) in [5, 5.41) is 10.8. The molecule has 120 valence electrons. The number of hydrogen-bond acceptors (Lipinski definition) is 5. The first-order valence-electron chi connectivity index (χ1n) is 7.33. The van der Waals surface area contributed by atoms with Crippen molar-refractivity contribution in [1.29, 1.82) is 5.26 Å². The van der Waals surface area contributed by atoms with E-state index in [1.54, 1.807) is 11.8 Å². The van der Waals surface area contributed by atoms with Gasteiger partial charge in [-0.15, -0.1) is 11.8 Å². The number of thioether (sulfide) groups is 1. The molecule has 0 atom stereocenters. The van der Waals surface area contributed by atoms with E-state index in [9.17, 15) is 5.26 Å². The van der Waals surface area contributed by atoms with E-state index in [1.807, 2.05) is 31.2 Å². The fraction of sp³-hybridized carbons (Fsp3) is 0.353. The molecule has 6 heteroatoms. The van der Waals surface area contributed by atoms with Crippen molar-refractivity contribution in [3.05, 3.63) is 40.5 Å². The Labute approximate surface area is 146 Å². The third-order valence-electron chi connectivity index (χ3n) is 3.26. The third-order valence-corrected chi connectivity index (χ3v) is 4.57. The molecule has 0 bridgehead atoms. The van der Waals surface area contributed by atoms with Crippen LogP contribution >= 0.6 is 23.4 Å². The summed E-state index contributed by atoms with van der Waals surface area (Å²) < 4.78 is 0. The molecule has 0 spiro atoms. The van der Waals surface area contributed by atoms with Crippen LogP contribution in [0.1, 0.15) is 17.7 Å². The average Bonchev–Trinajstić information content (AvgIpc) is 2.51. The van der Waals surface area contributed by atoms with Crippen LogP contribution in [0, 0.1) is 18.3 Å². The van der Waals surface area contributed by atoms with Crippen molar-refractivity contribution >= 4 is 23.4 Å². The van der Waals surface area contributed by atoms with Gasteiger partial charge in [-0.3, -0.25) is 0 Å². The SMILES string of the molecule is Cc1nc(-c2ccc(Cl)cc2)nc(SCCCN(C)C)c1C#N. The van der Waals surface area contributed by atoms with Crippen LogP contribution in [0.4, 0.5) is 0 Å². The van der Waals surface area contributed by atoms with Gasteiger partial charge in [0.05, 0.1) is 5.69 Å². The first-order chi connectivity index (χ1) is 11.0. The van der Waals surface area contributed by atoms with Crippen LogP contribution in [0.25, 0.3) is 11.4 Å². The van der Waals surface area contributed by atoms with Gasteiger partial charge < -0.3 is 4.90 Å². The molecule has 0 aliphatic heterocycles. The van der Waals surface area contributed by atoms with Crippen molar-refractivity contribution in [2.45, 2.75) is 18.4 Å². The minimum Gasteiger partial charge on any atom is -0.309 e. The second kappa shape index (κ2) is 8.30. The summed E-state index contributed by atoms with van der Waals surface area (Å²) in [5.41, 5.74) is 2.18. The maximum atomic E-state index is 9.37. The van der Waals surface area contributed by atoms with Crippen molar-refractivity contribution in [2.75, 3.05) is 26.4 Å². The van der Waals surface area contributed by atoms with Crippen LogP contribution in [0.3, 0.4) is 0 Å². The number of halogens is 1. The fourth-order valence-electron chi connectivity index (χ4n) is 2.06. The molecular weight excluding hydrogens is 328 g/mol. The first kappa shape index (κ1) is 17.7. The topological polar surface area (TPSA) is 52.8 Å². The Morgan fingerprint density at radius 1 is 1.22 bits per heavy atom. The van der Waals surface area contributed by atoms with E-state index in [2.05, 4.69) is 35.0 Å². The second-order valence-corrected chi connectivity index (χ2v) is 6.96. The van der Waals surface area contributed by atoms with E-state index in [0.717, 1.165) is 29.3 Å². The number of aryl methyl sites for hydroxylation is 1. The molecule has 0 saturated heterocycles. The summed E-state index contributed by atoms with van der Waals surface area (Å²) in [4.78, 5) is 11.2. The van der Waals surface area contributed by atoms with Gasteiger partial charge in [0, 0.05) is 16.3 Å². The summed E-state index contributed by atoms with van der Waals surface area (Å²) in [6.07, 6.45) is 1.04. The second-order valence-electron chi connectivity index (χ2n) is 5.44. The molecule has 2 rings (SSSR count). The number of hydrogen-bond donors (Lipinski definition) is 0. The molecule has 23 heavy (non-hydrogen) atoms. The Morgan fingerprint density at radius 2 is 1.91 bits per heavy atom. The highest BCUT2D eigenvalue weighted by Gasteiger charge is 2.13. The Hall–Kier alpha value is -1.61. The lowest BCUT2D eigenvalue weighted by Gasteiger charge is -2.10. The molecule has 0 unspecified atom stereocenters. The maximum Gasteiger partial charge on any atom is 0.160 e. The molecule has 0 amide bonds. The Bertz CT molecular complexity index is 708. The lowest BCUT2D eigenvalue weighted by atomic mass is 10.2. The van der Waals surface area contributed by atoms with Gasteiger partial charge in [-0.05, 0) is 58.3 Å². The van der Waals surface area contributed by atoms with Crippen molar-refractivity contribution in [2.24, 2.45) is 0 Å². The van der Waals surface area contributed by atoms with E-state index in [4.69, 9.17) is 11.6 Å². The molecule has 0 radical (unpaired) electrons. The zero-order valence-electron chi connectivity index (χ0n) is 13.5. The zero-order chi connectivity index (χ0) is 16.8. The molecule has 0 aliphatic carbocycles. The van der Waals surface area contributed by atoms with Gasteiger partial charge in [-0.1, -0.05) is 11.6 Å². The molecule has 0 N–H and O–H groups in total. The summed E-state index contributed by atoms with van der Waals surface area (Å²) in [6, 6.07) is 9.64. The highest BCUT2D eigenvalue weighted by molar-refractivity contribution is 7.99. The van der Waals surface area contributed by atoms with Crippen molar-refractivity contribution in [3.63, 3.8) is 0 Å². The number of nitrogens with zero attached hydrogens (tertiary/aromatic N) is 4. The predicted molar refractivity (Wildman–Crippen MR) is 95.8 cm³/mol. The van der Waals surface area contributed by atoms with Crippen LogP contribution in [0.15, 0.2) is 29.3 Å². The van der Waals surface area contributed by atoms with Gasteiger partial charge in [0.15, 0.2) is 5.82 Å². The number of nitriles is 1. The summed E-state index contributed by atoms with van der Waals surface area (Å²) in [6.45, 7) is 2.87. The van der Waals surface area contributed by atoms with E-state index in [-0.39, 0.29) is 0 Å². The van der Waals surface area contributed by atoms with Crippen molar-refractivity contribution in [3.8, 4) is 17.5 Å². The van der Waals surface area contributed by atoms with Gasteiger partial charge in [0.25, 0.3) is 0 Å². The molecule has 0 saturated carbocycles. The number of rotatable bonds is 6. The molecule has 1 aromatic carbocycles. The first-order valence-corrected chi connectivity index (χ1v) is 8.70. The van der Waals surface area contributed by atoms with Crippen LogP contribution in [0.2, 0.25) is 5.02 Å². The number of benzene rings is 1. The smallest absolute Gasteiger partial charge is 0.160 e. The van der Waals surface area contributed by atoms with Crippen LogP contribution < -0.4 is 0 Å². The standard InChI is InChI=1S/C17H19ClN4S/c1-12-15(11-19)17(23-10-4-9-22(2)3)21-16(20-12)13-5-7-14(18)8-6-13/h5-8H,4,9-10H2,1-3H3. The Morgan fingerprint density at radius 3 is 2.52 bits per heavy atom. The van der Waals surface area contributed by atoms with Crippen molar-refractivity contribution < 1.29 is 0 Å². The van der Waals surface area contributed by atoms with Gasteiger partial charge >= 0.3 is 0 Å². The van der Waals surface area contributed by atoms with E-state index >= 15 is 0 Å². The molecule has 0 aliphatic rings. The highest BCUT2D eigenvalue weighted by atomic mass is 35.5. The predicted octanol–water partition coefficient (Wildman–Crippen LogP) is 4.02. The lowest BCUT2D eigenvalue weighted by Crippen LogP contribution is -2.13. The van der Waals surface area contributed by atoms with Gasteiger partial charge in [-0.25, -0.2) is 9.97 Å². The van der Waals surface area contributed by atoms with Crippen LogP contribution in [0.5, 0.6) is 0 Å². The van der Waals surface area contributed by atoms with Gasteiger partial charge in [0.1, 0.15) is 16.7 Å². The fourth-order valence-corrected chi connectivity index (χ4v) is 3.14. The minimum absolute atomic E-state index is 0.567. The molecule has 1 aromatic heterocycles. The lowest BCUT2D eigenvalue weighted by molar-refractivity contribution is 0.410. The molecule has 1 heterocycles. The average molecular weight is 347 g/mol. The summed E-state index contributed by atoms with van der Waals surface area (Å²) in [5.74, 6) is 1.55. The maximum absolute atomic E-state index is 9.37. The largest absolute Gasteiger partial charge is 0.309 e. The monoisotopic (exact) mass is 346 g/mol. The van der Waals surface area contributed by atoms with Crippen LogP contribution in [-0.4, -0.2) is 41.3 Å². The third kappa shape index (κ3) is 4.93. The Kier molecular flexibility index (Phi) is 6.40. The van der Waals surface area contributed by atoms with E-state index in [0.29, 0.717) is 22.1 Å². The van der Waals surface area contributed by atoms with Crippen LogP contribution in [-0.2, 0) is 0 Å². The summed E-state index contributed by atoms with van der Waals surface area (Å²) >= 11 is 7.54. The summed E-state index contributed by atoms with van der Waals surface area (Å²) in [7, 11) is 4.11. The Balaban J connectivity index is 2.25. The number of aromatic nitrogens is 2. The normalized spacial score (nSPS) is 10.8. The van der Waals surface area contributed by atoms with Gasteiger partial charge in [0.2, 0.25) is 0 Å². The van der Waals surface area contributed by atoms with Gasteiger partial charge in [-0.2, -0.15) is 5.26 Å². The molecule has 0 fully saturated rings. The van der Waals surface area contributed by atoms with E-state index in [1.165, 1.54) is 0 Å². The minimum atomic E-state index is 0.567.